The first kappa shape index (κ1) is 14.8. The third kappa shape index (κ3) is 4.20. The second kappa shape index (κ2) is 6.25. The molecule has 0 amide bonds. The fourth-order valence-electron chi connectivity index (χ4n) is 2.13. The van der Waals surface area contributed by atoms with Gasteiger partial charge in [-0.15, -0.1) is 0 Å². The van der Waals surface area contributed by atoms with Gasteiger partial charge in [-0.3, -0.25) is 0 Å². The summed E-state index contributed by atoms with van der Waals surface area (Å²) >= 11 is 2.00. The number of hydrogen-bond acceptors (Lipinski definition) is 5. The fourth-order valence-corrected chi connectivity index (χ4v) is 3.65. The molecular formula is C11H20N4O2S2. The highest BCUT2D eigenvalue weighted by Crippen LogP contribution is 2.11. The molecule has 1 aromatic heterocycles. The number of hydrogen-bond donors (Lipinski definition) is 1. The number of nitrogens with zero attached hydrogens (tertiary/aromatic N) is 3. The average Bonchev–Trinajstić information content (AvgIpc) is 2.72. The lowest BCUT2D eigenvalue weighted by Gasteiger charge is -2.25. The quantitative estimate of drug-likeness (QED) is 0.831. The summed E-state index contributed by atoms with van der Waals surface area (Å²) in [6.45, 7) is 3.33. The molecule has 1 fully saturated rings. The van der Waals surface area contributed by atoms with E-state index in [-0.39, 0.29) is 5.03 Å². The summed E-state index contributed by atoms with van der Waals surface area (Å²) in [4.78, 5) is 6.54. The zero-order valence-electron chi connectivity index (χ0n) is 11.1. The lowest BCUT2D eigenvalue weighted by Crippen LogP contribution is -2.33. The first-order chi connectivity index (χ1) is 8.97. The molecule has 19 heavy (non-hydrogen) atoms. The summed E-state index contributed by atoms with van der Waals surface area (Å²) in [5, 5.41) is 5.03. The number of sulfonamides is 1. The van der Waals surface area contributed by atoms with Crippen LogP contribution in [0.3, 0.4) is 0 Å². The number of aromatic nitrogens is 2. The second-order valence-corrected chi connectivity index (χ2v) is 7.44. The maximum absolute atomic E-state index is 11.2. The van der Waals surface area contributed by atoms with Crippen LogP contribution in [0.1, 0.15) is 12.2 Å². The zero-order chi connectivity index (χ0) is 13.9. The van der Waals surface area contributed by atoms with Crippen molar-refractivity contribution in [1.29, 1.82) is 0 Å². The molecule has 0 radical (unpaired) electrons. The minimum absolute atomic E-state index is 0.0422. The molecule has 1 saturated heterocycles. The van der Waals surface area contributed by atoms with Crippen LogP contribution < -0.4 is 5.14 Å². The third-order valence-electron chi connectivity index (χ3n) is 3.22. The standard InChI is InChI=1S/C11H20N4O2S2/c1-14-9-11(19(12,16)17)13-10(14)3-2-4-15-5-7-18-8-6-15/h9H,2-8H2,1H3,(H2,12,16,17). The van der Waals surface area contributed by atoms with E-state index in [4.69, 9.17) is 5.14 Å². The molecule has 0 aliphatic carbocycles. The normalized spacial score (nSPS) is 17.8. The lowest BCUT2D eigenvalue weighted by molar-refractivity contribution is 0.297. The van der Waals surface area contributed by atoms with Gasteiger partial charge in [0.05, 0.1) is 0 Å². The highest BCUT2D eigenvalue weighted by molar-refractivity contribution is 7.99. The first-order valence-corrected chi connectivity index (χ1v) is 9.02. The Labute approximate surface area is 118 Å². The maximum atomic E-state index is 11.2. The molecular weight excluding hydrogens is 284 g/mol. The SMILES string of the molecule is Cn1cc(S(N)(=O)=O)nc1CCCN1CCSCC1. The van der Waals surface area contributed by atoms with Crippen molar-refractivity contribution in [3.63, 3.8) is 0 Å². The highest BCUT2D eigenvalue weighted by atomic mass is 32.2. The molecule has 2 N–H and O–H groups in total. The van der Waals surface area contributed by atoms with E-state index in [2.05, 4.69) is 9.88 Å². The van der Waals surface area contributed by atoms with Gasteiger partial charge in [-0.1, -0.05) is 0 Å². The van der Waals surface area contributed by atoms with Crippen LogP contribution in [0.2, 0.25) is 0 Å². The summed E-state index contributed by atoms with van der Waals surface area (Å²) in [5.41, 5.74) is 0. The average molecular weight is 304 g/mol. The summed E-state index contributed by atoms with van der Waals surface area (Å²) in [6.07, 6.45) is 3.23. The Balaban J connectivity index is 1.87. The molecule has 1 aliphatic rings. The van der Waals surface area contributed by atoms with Gasteiger partial charge < -0.3 is 9.47 Å². The number of imidazole rings is 1. The van der Waals surface area contributed by atoms with Crippen molar-refractivity contribution in [2.45, 2.75) is 17.9 Å². The first-order valence-electron chi connectivity index (χ1n) is 6.32. The minimum atomic E-state index is -3.70. The number of thioether (sulfide) groups is 1. The molecule has 0 atom stereocenters. The number of nitrogens with two attached hydrogens (primary N) is 1. The maximum Gasteiger partial charge on any atom is 0.257 e. The molecule has 2 heterocycles. The van der Waals surface area contributed by atoms with E-state index in [9.17, 15) is 8.42 Å². The molecule has 1 aliphatic heterocycles. The van der Waals surface area contributed by atoms with Crippen LogP contribution in [0.5, 0.6) is 0 Å². The van der Waals surface area contributed by atoms with Gasteiger partial charge in [0.15, 0.2) is 5.03 Å². The summed E-state index contributed by atoms with van der Waals surface area (Å²) in [7, 11) is -1.89. The van der Waals surface area contributed by atoms with Crippen molar-refractivity contribution in [2.75, 3.05) is 31.1 Å². The van der Waals surface area contributed by atoms with Crippen LogP contribution in [0.25, 0.3) is 0 Å². The van der Waals surface area contributed by atoms with Crippen molar-refractivity contribution in [1.82, 2.24) is 14.5 Å². The molecule has 108 valence electrons. The van der Waals surface area contributed by atoms with Gasteiger partial charge in [0, 0.05) is 44.3 Å². The van der Waals surface area contributed by atoms with Crippen LogP contribution in [0.4, 0.5) is 0 Å². The van der Waals surface area contributed by atoms with Gasteiger partial charge in [0.25, 0.3) is 10.0 Å². The van der Waals surface area contributed by atoms with Crippen molar-refractivity contribution in [2.24, 2.45) is 12.2 Å². The molecule has 8 heteroatoms. The fraction of sp³-hybridized carbons (Fsp3) is 0.727. The van der Waals surface area contributed by atoms with E-state index in [1.54, 1.807) is 11.6 Å². The van der Waals surface area contributed by atoms with E-state index in [0.29, 0.717) is 0 Å². The van der Waals surface area contributed by atoms with Crippen LogP contribution in [-0.2, 0) is 23.5 Å². The lowest BCUT2D eigenvalue weighted by atomic mass is 10.2. The molecule has 0 saturated carbocycles. The Morgan fingerprint density at radius 3 is 2.68 bits per heavy atom. The number of rotatable bonds is 5. The predicted molar refractivity (Wildman–Crippen MR) is 76.7 cm³/mol. The monoisotopic (exact) mass is 304 g/mol. The van der Waals surface area contributed by atoms with Crippen LogP contribution >= 0.6 is 11.8 Å². The van der Waals surface area contributed by atoms with Gasteiger partial charge in [-0.05, 0) is 13.0 Å². The summed E-state index contributed by atoms with van der Waals surface area (Å²) in [6, 6.07) is 0. The van der Waals surface area contributed by atoms with E-state index >= 15 is 0 Å². The van der Waals surface area contributed by atoms with E-state index < -0.39 is 10.0 Å². The van der Waals surface area contributed by atoms with Gasteiger partial charge in [-0.2, -0.15) is 11.8 Å². The molecule has 0 spiro atoms. The van der Waals surface area contributed by atoms with Crippen molar-refractivity contribution < 1.29 is 8.42 Å². The highest BCUT2D eigenvalue weighted by Gasteiger charge is 2.15. The van der Waals surface area contributed by atoms with E-state index in [0.717, 1.165) is 38.3 Å². The molecule has 2 rings (SSSR count). The summed E-state index contributed by atoms with van der Waals surface area (Å²) in [5.74, 6) is 3.19. The van der Waals surface area contributed by atoms with Crippen LogP contribution in [-0.4, -0.2) is 54.0 Å². The van der Waals surface area contributed by atoms with Gasteiger partial charge in [0.1, 0.15) is 5.82 Å². The second-order valence-electron chi connectivity index (χ2n) is 4.71. The molecule has 0 unspecified atom stereocenters. The van der Waals surface area contributed by atoms with Crippen LogP contribution in [0.15, 0.2) is 11.2 Å². The molecule has 0 aromatic carbocycles. The van der Waals surface area contributed by atoms with E-state index in [1.807, 2.05) is 11.8 Å². The Bertz CT molecular complexity index is 521. The molecule has 6 nitrogen and oxygen atoms in total. The zero-order valence-corrected chi connectivity index (χ0v) is 12.7. The Hall–Kier alpha value is -0.570. The van der Waals surface area contributed by atoms with Crippen LogP contribution in [0, 0.1) is 0 Å². The largest absolute Gasteiger partial charge is 0.337 e. The predicted octanol–water partition coefficient (Wildman–Crippen LogP) is 0.0489. The number of primary sulfonamides is 1. The van der Waals surface area contributed by atoms with Gasteiger partial charge >= 0.3 is 0 Å². The Morgan fingerprint density at radius 2 is 2.11 bits per heavy atom. The minimum Gasteiger partial charge on any atom is -0.337 e. The van der Waals surface area contributed by atoms with E-state index in [1.165, 1.54) is 17.7 Å². The van der Waals surface area contributed by atoms with Gasteiger partial charge in [-0.25, -0.2) is 18.5 Å². The summed E-state index contributed by atoms with van der Waals surface area (Å²) < 4.78 is 24.2. The molecule has 1 aromatic rings. The van der Waals surface area contributed by atoms with Crippen molar-refractivity contribution >= 4 is 21.8 Å². The number of aryl methyl sites for hydroxylation is 2. The van der Waals surface area contributed by atoms with Crippen molar-refractivity contribution in [3.05, 3.63) is 12.0 Å². The Morgan fingerprint density at radius 1 is 1.42 bits per heavy atom. The topological polar surface area (TPSA) is 81.2 Å². The smallest absolute Gasteiger partial charge is 0.257 e. The van der Waals surface area contributed by atoms with Crippen molar-refractivity contribution in [3.8, 4) is 0 Å². The molecule has 0 bridgehead atoms. The third-order valence-corrected chi connectivity index (χ3v) is 4.94. The Kier molecular flexibility index (Phi) is 4.88. The van der Waals surface area contributed by atoms with Gasteiger partial charge in [0.2, 0.25) is 0 Å².